The highest BCUT2D eigenvalue weighted by Gasteiger charge is 2.21. The molecular formula is C13H24ClN3O5S2. The van der Waals surface area contributed by atoms with E-state index in [1.54, 1.807) is 6.92 Å². The van der Waals surface area contributed by atoms with Crippen molar-refractivity contribution in [3.05, 3.63) is 18.2 Å². The minimum atomic E-state index is -3.88. The van der Waals surface area contributed by atoms with E-state index in [9.17, 15) is 16.8 Å². The summed E-state index contributed by atoms with van der Waals surface area (Å²) in [5.74, 6) is 0.162. The van der Waals surface area contributed by atoms with E-state index < -0.39 is 20.0 Å². The van der Waals surface area contributed by atoms with E-state index in [-0.39, 0.29) is 41.3 Å². The number of hydrogen-bond donors (Lipinski definition) is 3. The monoisotopic (exact) mass is 401 g/mol. The molecule has 0 aliphatic heterocycles. The summed E-state index contributed by atoms with van der Waals surface area (Å²) < 4.78 is 58.0. The van der Waals surface area contributed by atoms with Crippen LogP contribution in [0, 0.1) is 0 Å². The standard InChI is InChI=1S/C13H23N3O5S2.ClH/c1-4-22(17,18)16-12-9-11(21-3)5-6-13(12)23(19,20)15-8-7-10(2)14;/h5-6,9-10,15-16H,4,7-8,14H2,1-3H3;1H. The fraction of sp³-hybridized carbons (Fsp3) is 0.538. The van der Waals surface area contributed by atoms with E-state index in [2.05, 4.69) is 9.44 Å². The van der Waals surface area contributed by atoms with Gasteiger partial charge in [-0.1, -0.05) is 0 Å². The molecular weight excluding hydrogens is 378 g/mol. The van der Waals surface area contributed by atoms with Gasteiger partial charge in [0.1, 0.15) is 10.6 Å². The van der Waals surface area contributed by atoms with Crippen molar-refractivity contribution in [1.82, 2.24) is 4.72 Å². The second-order valence-electron chi connectivity index (χ2n) is 5.03. The fourth-order valence-electron chi connectivity index (χ4n) is 1.69. The van der Waals surface area contributed by atoms with Crippen molar-refractivity contribution in [1.29, 1.82) is 0 Å². The van der Waals surface area contributed by atoms with Gasteiger partial charge in [0, 0.05) is 18.7 Å². The van der Waals surface area contributed by atoms with E-state index in [1.807, 2.05) is 0 Å². The van der Waals surface area contributed by atoms with E-state index in [1.165, 1.54) is 32.2 Å². The average molecular weight is 402 g/mol. The van der Waals surface area contributed by atoms with Crippen LogP contribution in [0.25, 0.3) is 0 Å². The van der Waals surface area contributed by atoms with Crippen molar-refractivity contribution in [2.45, 2.75) is 31.2 Å². The fourth-order valence-corrected chi connectivity index (χ4v) is 3.59. The van der Waals surface area contributed by atoms with E-state index in [0.29, 0.717) is 12.2 Å². The molecule has 1 aromatic rings. The lowest BCUT2D eigenvalue weighted by Gasteiger charge is -2.14. The minimum Gasteiger partial charge on any atom is -0.497 e. The Labute approximate surface area is 149 Å². The molecule has 0 bridgehead atoms. The topological polar surface area (TPSA) is 128 Å². The number of halogens is 1. The van der Waals surface area contributed by atoms with Gasteiger partial charge in [-0.05, 0) is 32.4 Å². The number of hydrogen-bond acceptors (Lipinski definition) is 6. The molecule has 11 heteroatoms. The summed E-state index contributed by atoms with van der Waals surface area (Å²) in [5, 5.41) is 0. The first-order valence-corrected chi connectivity index (χ1v) is 10.2. The molecule has 0 aromatic heterocycles. The maximum Gasteiger partial charge on any atom is 0.242 e. The lowest BCUT2D eigenvalue weighted by atomic mass is 10.3. The first kappa shape index (κ1) is 22.9. The van der Waals surface area contributed by atoms with Gasteiger partial charge in [-0.25, -0.2) is 21.6 Å². The summed E-state index contributed by atoms with van der Waals surface area (Å²) in [4.78, 5) is -0.167. The quantitative estimate of drug-likeness (QED) is 0.563. The highest BCUT2D eigenvalue weighted by atomic mass is 35.5. The molecule has 0 radical (unpaired) electrons. The maximum atomic E-state index is 12.4. The summed E-state index contributed by atoms with van der Waals surface area (Å²) >= 11 is 0. The normalized spacial score (nSPS) is 13.0. The van der Waals surface area contributed by atoms with Crippen LogP contribution < -0.4 is 19.9 Å². The van der Waals surface area contributed by atoms with Crippen LogP contribution in [0.15, 0.2) is 23.1 Å². The van der Waals surface area contributed by atoms with Crippen LogP contribution in [0.3, 0.4) is 0 Å². The molecule has 4 N–H and O–H groups in total. The molecule has 0 aliphatic rings. The Morgan fingerprint density at radius 2 is 1.88 bits per heavy atom. The van der Waals surface area contributed by atoms with Crippen LogP contribution in [0.4, 0.5) is 5.69 Å². The van der Waals surface area contributed by atoms with Crippen LogP contribution in [-0.4, -0.2) is 42.3 Å². The first-order valence-electron chi connectivity index (χ1n) is 7.05. The van der Waals surface area contributed by atoms with Crippen LogP contribution in [0.5, 0.6) is 5.75 Å². The Kier molecular flexibility index (Phi) is 9.00. The van der Waals surface area contributed by atoms with Gasteiger partial charge < -0.3 is 10.5 Å². The maximum absolute atomic E-state index is 12.4. The van der Waals surface area contributed by atoms with Gasteiger partial charge in [0.2, 0.25) is 20.0 Å². The van der Waals surface area contributed by atoms with E-state index in [0.717, 1.165) is 0 Å². The second kappa shape index (κ2) is 9.42. The summed E-state index contributed by atoms with van der Waals surface area (Å²) in [6.07, 6.45) is 0.464. The Balaban J connectivity index is 0.00000529. The summed E-state index contributed by atoms with van der Waals surface area (Å²) in [5.41, 5.74) is 5.53. The number of ether oxygens (including phenoxy) is 1. The van der Waals surface area contributed by atoms with Crippen molar-refractivity contribution in [3.8, 4) is 5.75 Å². The molecule has 8 nitrogen and oxygen atoms in total. The van der Waals surface area contributed by atoms with Crippen LogP contribution in [0.2, 0.25) is 0 Å². The number of nitrogens with one attached hydrogen (secondary N) is 2. The average Bonchev–Trinajstić information content (AvgIpc) is 2.45. The lowest BCUT2D eigenvalue weighted by Crippen LogP contribution is -2.30. The molecule has 0 aliphatic carbocycles. The number of benzene rings is 1. The Hall–Kier alpha value is -1.07. The lowest BCUT2D eigenvalue weighted by molar-refractivity contribution is 0.414. The van der Waals surface area contributed by atoms with Crippen LogP contribution >= 0.6 is 12.4 Å². The molecule has 0 fully saturated rings. The van der Waals surface area contributed by atoms with Gasteiger partial charge in [0.05, 0.1) is 18.6 Å². The first-order chi connectivity index (χ1) is 10.6. The summed E-state index contributed by atoms with van der Waals surface area (Å²) in [7, 11) is -6.11. The zero-order valence-electron chi connectivity index (χ0n) is 13.8. The predicted molar refractivity (Wildman–Crippen MR) is 96.8 cm³/mol. The third-order valence-electron chi connectivity index (χ3n) is 3.01. The molecule has 1 rings (SSSR count). The van der Waals surface area contributed by atoms with E-state index >= 15 is 0 Å². The van der Waals surface area contributed by atoms with Crippen molar-refractivity contribution in [2.75, 3.05) is 24.1 Å². The molecule has 0 heterocycles. The Morgan fingerprint density at radius 3 is 2.38 bits per heavy atom. The zero-order chi connectivity index (χ0) is 17.7. The third-order valence-corrected chi connectivity index (χ3v) is 5.82. The van der Waals surface area contributed by atoms with Crippen molar-refractivity contribution < 1.29 is 21.6 Å². The van der Waals surface area contributed by atoms with Crippen LogP contribution in [-0.2, 0) is 20.0 Å². The number of sulfonamides is 2. The van der Waals surface area contributed by atoms with Crippen molar-refractivity contribution in [2.24, 2.45) is 5.73 Å². The summed E-state index contributed by atoms with van der Waals surface area (Å²) in [6, 6.07) is 3.92. The minimum absolute atomic E-state index is 0. The summed E-state index contributed by atoms with van der Waals surface area (Å²) in [6.45, 7) is 3.38. The van der Waals surface area contributed by atoms with Gasteiger partial charge >= 0.3 is 0 Å². The molecule has 0 saturated carbocycles. The van der Waals surface area contributed by atoms with Gasteiger partial charge in [-0.15, -0.1) is 12.4 Å². The molecule has 0 saturated heterocycles. The zero-order valence-corrected chi connectivity index (χ0v) is 16.2. The number of rotatable bonds is 9. The molecule has 24 heavy (non-hydrogen) atoms. The molecule has 0 amide bonds. The van der Waals surface area contributed by atoms with Gasteiger partial charge in [0.25, 0.3) is 0 Å². The number of methoxy groups -OCH3 is 1. The van der Waals surface area contributed by atoms with Gasteiger partial charge in [0.15, 0.2) is 0 Å². The van der Waals surface area contributed by atoms with Gasteiger partial charge in [-0.3, -0.25) is 4.72 Å². The third kappa shape index (κ3) is 6.81. The largest absolute Gasteiger partial charge is 0.497 e. The molecule has 0 spiro atoms. The smallest absolute Gasteiger partial charge is 0.242 e. The molecule has 1 aromatic carbocycles. The van der Waals surface area contributed by atoms with E-state index in [4.69, 9.17) is 10.5 Å². The number of anilines is 1. The molecule has 1 unspecified atom stereocenters. The Bertz CT molecular complexity index is 736. The SMILES string of the molecule is CCS(=O)(=O)Nc1cc(OC)ccc1S(=O)(=O)NCCC(C)N.Cl. The Morgan fingerprint density at radius 1 is 1.25 bits per heavy atom. The highest BCUT2D eigenvalue weighted by molar-refractivity contribution is 7.93. The highest BCUT2D eigenvalue weighted by Crippen LogP contribution is 2.27. The number of nitrogens with two attached hydrogens (primary N) is 1. The molecule has 140 valence electrons. The predicted octanol–water partition coefficient (Wildman–Crippen LogP) is 0.894. The molecule has 1 atom stereocenters. The van der Waals surface area contributed by atoms with Crippen molar-refractivity contribution >= 4 is 38.1 Å². The van der Waals surface area contributed by atoms with Crippen molar-refractivity contribution in [3.63, 3.8) is 0 Å². The second-order valence-corrected chi connectivity index (χ2v) is 8.78. The van der Waals surface area contributed by atoms with Gasteiger partial charge in [-0.2, -0.15) is 0 Å². The van der Waals surface area contributed by atoms with Crippen LogP contribution in [0.1, 0.15) is 20.3 Å².